The lowest BCUT2D eigenvalue weighted by atomic mass is 10.1. The Labute approximate surface area is 122 Å². The zero-order chi connectivity index (χ0) is 14.5. The zero-order valence-corrected chi connectivity index (χ0v) is 12.5. The molecular weight excluding hydrogens is 272 g/mol. The van der Waals surface area contributed by atoms with Crippen molar-refractivity contribution >= 4 is 23.2 Å². The highest BCUT2D eigenvalue weighted by molar-refractivity contribution is 7.11. The molecule has 0 aliphatic heterocycles. The van der Waals surface area contributed by atoms with E-state index in [0.717, 1.165) is 10.4 Å². The van der Waals surface area contributed by atoms with Crippen molar-refractivity contribution in [2.45, 2.75) is 6.92 Å². The molecule has 0 fully saturated rings. The molecule has 0 saturated heterocycles. The van der Waals surface area contributed by atoms with Crippen LogP contribution >= 0.6 is 11.3 Å². The summed E-state index contributed by atoms with van der Waals surface area (Å²) in [7, 11) is 3.12. The van der Waals surface area contributed by atoms with Crippen LogP contribution in [0.1, 0.15) is 20.8 Å². The summed E-state index contributed by atoms with van der Waals surface area (Å²) in [5.41, 5.74) is 1.66. The highest BCUT2D eigenvalue weighted by Gasteiger charge is 2.11. The van der Waals surface area contributed by atoms with Gasteiger partial charge in [-0.1, -0.05) is 0 Å². The monoisotopic (exact) mass is 288 g/mol. The SMILES string of the molecule is COc1ccc(OC)c(C(=O)C=Cc2sccc2C)c1. The van der Waals surface area contributed by atoms with E-state index in [1.807, 2.05) is 24.4 Å². The summed E-state index contributed by atoms with van der Waals surface area (Å²) in [5, 5.41) is 2.01. The van der Waals surface area contributed by atoms with Crippen LogP contribution in [0.5, 0.6) is 11.5 Å². The molecule has 2 aromatic rings. The molecule has 0 unspecified atom stereocenters. The fraction of sp³-hybridized carbons (Fsp3) is 0.188. The minimum absolute atomic E-state index is 0.103. The number of allylic oxidation sites excluding steroid dienone is 1. The number of hydrogen-bond donors (Lipinski definition) is 0. The molecule has 4 heteroatoms. The summed E-state index contributed by atoms with van der Waals surface area (Å²) in [6, 6.07) is 7.22. The van der Waals surface area contributed by atoms with Gasteiger partial charge in [-0.15, -0.1) is 11.3 Å². The normalized spacial score (nSPS) is 10.8. The van der Waals surface area contributed by atoms with Crippen molar-refractivity contribution in [2.75, 3.05) is 14.2 Å². The summed E-state index contributed by atoms with van der Waals surface area (Å²) in [5.74, 6) is 1.08. The van der Waals surface area contributed by atoms with Gasteiger partial charge in [0.25, 0.3) is 0 Å². The van der Waals surface area contributed by atoms with Gasteiger partial charge in [0.05, 0.1) is 19.8 Å². The van der Waals surface area contributed by atoms with Crippen molar-refractivity contribution in [3.63, 3.8) is 0 Å². The van der Waals surface area contributed by atoms with E-state index in [4.69, 9.17) is 9.47 Å². The number of hydrogen-bond acceptors (Lipinski definition) is 4. The van der Waals surface area contributed by atoms with Crippen LogP contribution in [-0.4, -0.2) is 20.0 Å². The second kappa shape index (κ2) is 6.39. The number of ether oxygens (including phenoxy) is 2. The van der Waals surface area contributed by atoms with Crippen molar-refractivity contribution in [3.8, 4) is 11.5 Å². The molecule has 0 atom stereocenters. The standard InChI is InChI=1S/C16H16O3S/c1-11-8-9-20-16(11)7-5-14(17)13-10-12(18-2)4-6-15(13)19-3/h4-10H,1-3H3. The number of methoxy groups -OCH3 is 2. The average Bonchev–Trinajstić information content (AvgIpc) is 2.89. The van der Waals surface area contributed by atoms with Crippen molar-refractivity contribution in [1.82, 2.24) is 0 Å². The molecule has 1 heterocycles. The van der Waals surface area contributed by atoms with Crippen LogP contribution in [0.2, 0.25) is 0 Å². The second-order valence-electron chi connectivity index (χ2n) is 4.23. The van der Waals surface area contributed by atoms with Gasteiger partial charge < -0.3 is 9.47 Å². The molecule has 0 amide bonds. The van der Waals surface area contributed by atoms with Crippen molar-refractivity contribution in [3.05, 3.63) is 51.7 Å². The largest absolute Gasteiger partial charge is 0.497 e. The van der Waals surface area contributed by atoms with Crippen molar-refractivity contribution in [1.29, 1.82) is 0 Å². The third kappa shape index (κ3) is 3.08. The second-order valence-corrected chi connectivity index (χ2v) is 5.18. The summed E-state index contributed by atoms with van der Waals surface area (Å²) in [6.45, 7) is 2.02. The number of benzene rings is 1. The Kier molecular flexibility index (Phi) is 4.58. The van der Waals surface area contributed by atoms with Crippen LogP contribution < -0.4 is 9.47 Å². The molecular formula is C16H16O3S. The molecule has 20 heavy (non-hydrogen) atoms. The lowest BCUT2D eigenvalue weighted by Gasteiger charge is -2.07. The predicted octanol–water partition coefficient (Wildman–Crippen LogP) is 3.97. The zero-order valence-electron chi connectivity index (χ0n) is 11.7. The molecule has 0 saturated carbocycles. The number of carbonyl (C=O) groups excluding carboxylic acids is 1. The predicted molar refractivity (Wildman–Crippen MR) is 82.0 cm³/mol. The first-order chi connectivity index (χ1) is 9.65. The first-order valence-electron chi connectivity index (χ1n) is 6.14. The molecule has 104 valence electrons. The molecule has 3 nitrogen and oxygen atoms in total. The maximum absolute atomic E-state index is 12.3. The Morgan fingerprint density at radius 2 is 2.00 bits per heavy atom. The Balaban J connectivity index is 2.28. The van der Waals surface area contributed by atoms with Crippen LogP contribution in [0, 0.1) is 6.92 Å². The van der Waals surface area contributed by atoms with Gasteiger partial charge in [-0.2, -0.15) is 0 Å². The molecule has 0 bridgehead atoms. The fourth-order valence-corrected chi connectivity index (χ4v) is 2.62. The maximum atomic E-state index is 12.3. The first-order valence-corrected chi connectivity index (χ1v) is 7.02. The van der Waals surface area contributed by atoms with Crippen LogP contribution in [0.15, 0.2) is 35.7 Å². The van der Waals surface area contributed by atoms with E-state index in [9.17, 15) is 4.79 Å². The summed E-state index contributed by atoms with van der Waals surface area (Å²) >= 11 is 1.61. The summed E-state index contributed by atoms with van der Waals surface area (Å²) in [6.07, 6.45) is 3.40. The molecule has 2 rings (SSSR count). The van der Waals surface area contributed by atoms with Gasteiger partial charge in [0.2, 0.25) is 0 Å². The van der Waals surface area contributed by atoms with Gasteiger partial charge in [-0.05, 0) is 54.3 Å². The molecule has 0 spiro atoms. The van der Waals surface area contributed by atoms with E-state index in [2.05, 4.69) is 0 Å². The minimum atomic E-state index is -0.103. The number of carbonyl (C=O) groups is 1. The van der Waals surface area contributed by atoms with Gasteiger partial charge in [0, 0.05) is 4.88 Å². The van der Waals surface area contributed by atoms with E-state index < -0.39 is 0 Å². The molecule has 1 aromatic heterocycles. The van der Waals surface area contributed by atoms with Crippen LogP contribution in [-0.2, 0) is 0 Å². The fourth-order valence-electron chi connectivity index (χ4n) is 1.80. The van der Waals surface area contributed by atoms with Crippen LogP contribution in [0.3, 0.4) is 0 Å². The van der Waals surface area contributed by atoms with E-state index in [1.54, 1.807) is 49.8 Å². The van der Waals surface area contributed by atoms with Gasteiger partial charge in [0.15, 0.2) is 5.78 Å². The number of aryl methyl sites for hydroxylation is 1. The third-order valence-corrected chi connectivity index (χ3v) is 3.94. The quantitative estimate of drug-likeness (QED) is 0.617. The van der Waals surface area contributed by atoms with Gasteiger partial charge in [-0.25, -0.2) is 0 Å². The number of thiophene rings is 1. The maximum Gasteiger partial charge on any atom is 0.189 e. The van der Waals surface area contributed by atoms with Gasteiger partial charge in [-0.3, -0.25) is 4.79 Å². The molecule has 0 aliphatic rings. The lowest BCUT2D eigenvalue weighted by Crippen LogP contribution is -1.99. The number of ketones is 1. The molecule has 1 aromatic carbocycles. The molecule has 0 aliphatic carbocycles. The first kappa shape index (κ1) is 14.3. The Bertz CT molecular complexity index is 641. The van der Waals surface area contributed by atoms with E-state index >= 15 is 0 Å². The number of rotatable bonds is 5. The van der Waals surface area contributed by atoms with Crippen molar-refractivity contribution in [2.24, 2.45) is 0 Å². The van der Waals surface area contributed by atoms with Crippen LogP contribution in [0.4, 0.5) is 0 Å². The van der Waals surface area contributed by atoms with E-state index in [-0.39, 0.29) is 5.78 Å². The molecule has 0 radical (unpaired) electrons. The smallest absolute Gasteiger partial charge is 0.189 e. The Morgan fingerprint density at radius 3 is 2.60 bits per heavy atom. The summed E-state index contributed by atoms with van der Waals surface area (Å²) < 4.78 is 10.4. The van der Waals surface area contributed by atoms with Crippen LogP contribution in [0.25, 0.3) is 6.08 Å². The Morgan fingerprint density at radius 1 is 1.20 bits per heavy atom. The summed E-state index contributed by atoms with van der Waals surface area (Å²) in [4.78, 5) is 13.4. The average molecular weight is 288 g/mol. The van der Waals surface area contributed by atoms with E-state index in [0.29, 0.717) is 17.1 Å². The lowest BCUT2D eigenvalue weighted by molar-refractivity contribution is 0.104. The third-order valence-electron chi connectivity index (χ3n) is 2.96. The van der Waals surface area contributed by atoms with Gasteiger partial charge in [0.1, 0.15) is 11.5 Å². The Hall–Kier alpha value is -2.07. The van der Waals surface area contributed by atoms with E-state index in [1.165, 1.54) is 0 Å². The van der Waals surface area contributed by atoms with Gasteiger partial charge >= 0.3 is 0 Å². The topological polar surface area (TPSA) is 35.5 Å². The minimum Gasteiger partial charge on any atom is -0.497 e. The highest BCUT2D eigenvalue weighted by Crippen LogP contribution is 2.25. The van der Waals surface area contributed by atoms with Crippen molar-refractivity contribution < 1.29 is 14.3 Å². The highest BCUT2D eigenvalue weighted by atomic mass is 32.1. The molecule has 0 N–H and O–H groups in total.